The monoisotopic (exact) mass is 238 g/mol. The van der Waals surface area contributed by atoms with Crippen molar-refractivity contribution in [1.82, 2.24) is 20.1 Å². The molecule has 1 unspecified atom stereocenters. The SMILES string of the molecule is CC(C)Cn1ncnc1CNC(C)C(C)(C)C. The second-order valence-corrected chi connectivity index (χ2v) is 6.22. The summed E-state index contributed by atoms with van der Waals surface area (Å²) in [7, 11) is 0. The van der Waals surface area contributed by atoms with E-state index in [1.807, 2.05) is 4.68 Å². The molecule has 1 atom stereocenters. The van der Waals surface area contributed by atoms with Crippen molar-refractivity contribution in [3.8, 4) is 0 Å². The van der Waals surface area contributed by atoms with Crippen LogP contribution < -0.4 is 5.32 Å². The number of hydrogen-bond acceptors (Lipinski definition) is 3. The number of nitrogens with zero attached hydrogens (tertiary/aromatic N) is 3. The van der Waals surface area contributed by atoms with Gasteiger partial charge in [-0.15, -0.1) is 0 Å². The van der Waals surface area contributed by atoms with E-state index in [2.05, 4.69) is 56.9 Å². The standard InChI is InChI=1S/C13H26N4/c1-10(2)8-17-12(15-9-16-17)7-14-11(3)13(4,5)6/h9-11,14H,7-8H2,1-6H3. The highest BCUT2D eigenvalue weighted by atomic mass is 15.3. The zero-order valence-electron chi connectivity index (χ0n) is 12.0. The van der Waals surface area contributed by atoms with Crippen molar-refractivity contribution < 1.29 is 0 Å². The molecule has 4 heteroatoms. The predicted molar refractivity (Wildman–Crippen MR) is 70.6 cm³/mol. The summed E-state index contributed by atoms with van der Waals surface area (Å²) >= 11 is 0. The van der Waals surface area contributed by atoms with Crippen molar-refractivity contribution in [2.75, 3.05) is 0 Å². The quantitative estimate of drug-likeness (QED) is 0.857. The third-order valence-electron chi connectivity index (χ3n) is 3.10. The summed E-state index contributed by atoms with van der Waals surface area (Å²) in [6, 6.07) is 0.451. The van der Waals surface area contributed by atoms with Gasteiger partial charge in [-0.3, -0.25) is 0 Å². The predicted octanol–water partition coefficient (Wildman–Crippen LogP) is 2.46. The van der Waals surface area contributed by atoms with E-state index in [4.69, 9.17) is 0 Å². The zero-order valence-corrected chi connectivity index (χ0v) is 12.0. The first-order chi connectivity index (χ1) is 7.80. The molecular formula is C13H26N4. The molecule has 17 heavy (non-hydrogen) atoms. The zero-order chi connectivity index (χ0) is 13.1. The molecule has 1 rings (SSSR count). The van der Waals surface area contributed by atoms with Crippen LogP contribution in [0.25, 0.3) is 0 Å². The maximum Gasteiger partial charge on any atom is 0.140 e. The van der Waals surface area contributed by atoms with Crippen LogP contribution in [-0.4, -0.2) is 20.8 Å². The van der Waals surface area contributed by atoms with E-state index >= 15 is 0 Å². The molecule has 0 aliphatic rings. The van der Waals surface area contributed by atoms with Crippen molar-refractivity contribution in [3.05, 3.63) is 12.2 Å². The molecule has 0 spiro atoms. The molecule has 98 valence electrons. The summed E-state index contributed by atoms with van der Waals surface area (Å²) in [4.78, 5) is 4.31. The summed E-state index contributed by atoms with van der Waals surface area (Å²) in [6.07, 6.45) is 1.64. The lowest BCUT2D eigenvalue weighted by atomic mass is 9.88. The first-order valence-corrected chi connectivity index (χ1v) is 6.40. The molecule has 0 aliphatic heterocycles. The van der Waals surface area contributed by atoms with Gasteiger partial charge in [0.2, 0.25) is 0 Å². The first-order valence-electron chi connectivity index (χ1n) is 6.40. The highest BCUT2D eigenvalue weighted by Crippen LogP contribution is 2.18. The third kappa shape index (κ3) is 4.46. The highest BCUT2D eigenvalue weighted by molar-refractivity contribution is 4.86. The molecule has 0 aromatic carbocycles. The van der Waals surface area contributed by atoms with Crippen molar-refractivity contribution in [2.24, 2.45) is 11.3 Å². The number of hydrogen-bond donors (Lipinski definition) is 1. The molecule has 0 aliphatic carbocycles. The summed E-state index contributed by atoms with van der Waals surface area (Å²) in [5.41, 5.74) is 0.267. The second-order valence-electron chi connectivity index (χ2n) is 6.22. The Kier molecular flexibility index (Phi) is 4.69. The fourth-order valence-corrected chi connectivity index (χ4v) is 1.47. The molecule has 1 aromatic rings. The topological polar surface area (TPSA) is 42.7 Å². The molecule has 4 nitrogen and oxygen atoms in total. The van der Waals surface area contributed by atoms with Gasteiger partial charge in [-0.05, 0) is 18.3 Å². The van der Waals surface area contributed by atoms with E-state index in [0.29, 0.717) is 12.0 Å². The third-order valence-corrected chi connectivity index (χ3v) is 3.10. The van der Waals surface area contributed by atoms with E-state index < -0.39 is 0 Å². The van der Waals surface area contributed by atoms with Gasteiger partial charge in [0.25, 0.3) is 0 Å². The van der Waals surface area contributed by atoms with Crippen LogP contribution in [-0.2, 0) is 13.1 Å². The van der Waals surface area contributed by atoms with E-state index in [1.165, 1.54) is 0 Å². The Labute approximate surface area is 105 Å². The molecule has 0 bridgehead atoms. The first kappa shape index (κ1) is 14.2. The average molecular weight is 238 g/mol. The molecule has 0 fully saturated rings. The van der Waals surface area contributed by atoms with Gasteiger partial charge in [-0.1, -0.05) is 34.6 Å². The normalized spacial score (nSPS) is 14.3. The Bertz CT molecular complexity index is 335. The maximum atomic E-state index is 4.31. The van der Waals surface area contributed by atoms with E-state index in [0.717, 1.165) is 18.9 Å². The minimum absolute atomic E-state index is 0.267. The minimum atomic E-state index is 0.267. The van der Waals surface area contributed by atoms with Crippen molar-refractivity contribution in [2.45, 2.75) is 60.7 Å². The number of rotatable bonds is 5. The van der Waals surface area contributed by atoms with Crippen molar-refractivity contribution in [3.63, 3.8) is 0 Å². The number of aromatic nitrogens is 3. The molecule has 0 radical (unpaired) electrons. The summed E-state index contributed by atoms with van der Waals surface area (Å²) < 4.78 is 1.99. The van der Waals surface area contributed by atoms with Crippen molar-refractivity contribution in [1.29, 1.82) is 0 Å². The Morgan fingerprint density at radius 1 is 1.29 bits per heavy atom. The van der Waals surface area contributed by atoms with E-state index in [-0.39, 0.29) is 5.41 Å². The molecule has 0 amide bonds. The van der Waals surface area contributed by atoms with Crippen molar-refractivity contribution >= 4 is 0 Å². The lowest BCUT2D eigenvalue weighted by Gasteiger charge is -2.28. The van der Waals surface area contributed by atoms with Crippen LogP contribution >= 0.6 is 0 Å². The summed E-state index contributed by atoms with van der Waals surface area (Å²) in [5.74, 6) is 1.62. The molecule has 0 saturated heterocycles. The van der Waals surface area contributed by atoms with Gasteiger partial charge < -0.3 is 5.32 Å². The van der Waals surface area contributed by atoms with Gasteiger partial charge in [-0.25, -0.2) is 9.67 Å². The molecular weight excluding hydrogens is 212 g/mol. The van der Waals surface area contributed by atoms with Crippen LogP contribution in [0.2, 0.25) is 0 Å². The molecule has 0 saturated carbocycles. The molecule has 1 N–H and O–H groups in total. The maximum absolute atomic E-state index is 4.31. The fourth-order valence-electron chi connectivity index (χ4n) is 1.47. The second kappa shape index (κ2) is 5.63. The van der Waals surface area contributed by atoms with Gasteiger partial charge in [-0.2, -0.15) is 5.10 Å². The summed E-state index contributed by atoms with van der Waals surface area (Å²) in [5, 5.41) is 7.78. The Balaban J connectivity index is 2.55. The van der Waals surface area contributed by atoms with Crippen LogP contribution in [0.1, 0.15) is 47.4 Å². The summed E-state index contributed by atoms with van der Waals surface area (Å²) in [6.45, 7) is 15.0. The smallest absolute Gasteiger partial charge is 0.140 e. The van der Waals surface area contributed by atoms with Gasteiger partial charge in [0.1, 0.15) is 12.2 Å². The van der Waals surface area contributed by atoms with E-state index in [1.54, 1.807) is 6.33 Å². The Hall–Kier alpha value is -0.900. The Morgan fingerprint density at radius 3 is 2.47 bits per heavy atom. The van der Waals surface area contributed by atoms with Gasteiger partial charge in [0, 0.05) is 12.6 Å². The largest absolute Gasteiger partial charge is 0.307 e. The van der Waals surface area contributed by atoms with Crippen LogP contribution in [0.5, 0.6) is 0 Å². The van der Waals surface area contributed by atoms with Crippen LogP contribution in [0.4, 0.5) is 0 Å². The van der Waals surface area contributed by atoms with Crippen LogP contribution in [0, 0.1) is 11.3 Å². The number of nitrogens with one attached hydrogen (secondary N) is 1. The minimum Gasteiger partial charge on any atom is -0.307 e. The van der Waals surface area contributed by atoms with Gasteiger partial charge in [0.05, 0.1) is 6.54 Å². The Morgan fingerprint density at radius 2 is 1.94 bits per heavy atom. The van der Waals surface area contributed by atoms with Gasteiger partial charge in [0.15, 0.2) is 0 Å². The average Bonchev–Trinajstić information content (AvgIpc) is 2.59. The molecule has 1 heterocycles. The highest BCUT2D eigenvalue weighted by Gasteiger charge is 2.19. The van der Waals surface area contributed by atoms with E-state index in [9.17, 15) is 0 Å². The lowest BCUT2D eigenvalue weighted by Crippen LogP contribution is -2.37. The molecule has 1 aromatic heterocycles. The van der Waals surface area contributed by atoms with Crippen LogP contribution in [0.15, 0.2) is 6.33 Å². The van der Waals surface area contributed by atoms with Crippen LogP contribution in [0.3, 0.4) is 0 Å². The van der Waals surface area contributed by atoms with Gasteiger partial charge >= 0.3 is 0 Å². The lowest BCUT2D eigenvalue weighted by molar-refractivity contribution is 0.281. The fraction of sp³-hybridized carbons (Fsp3) is 0.846.